The fraction of sp³-hybridized carbons (Fsp3) is 0.125. The van der Waals surface area contributed by atoms with E-state index in [9.17, 15) is 9.59 Å². The van der Waals surface area contributed by atoms with E-state index in [0.717, 1.165) is 4.90 Å². The lowest BCUT2D eigenvalue weighted by molar-refractivity contribution is 0.0675. The van der Waals surface area contributed by atoms with Crippen LogP contribution in [0.2, 0.25) is 0 Å². The third-order valence-electron chi connectivity index (χ3n) is 3.17. The van der Waals surface area contributed by atoms with Crippen LogP contribution in [0.4, 0.5) is 5.82 Å². The van der Waals surface area contributed by atoms with Gasteiger partial charge in [-0.05, 0) is 18.2 Å². The molecule has 0 spiro atoms. The minimum absolute atomic E-state index is 0.0741. The zero-order valence-electron chi connectivity index (χ0n) is 12.0. The van der Waals surface area contributed by atoms with Crippen molar-refractivity contribution >= 4 is 29.4 Å². The summed E-state index contributed by atoms with van der Waals surface area (Å²) < 4.78 is 0. The number of fused-ring (bicyclic) bond motifs is 1. The SMILES string of the molecule is Nc1ccnc(SCC#CCN2C(=O)c3ccccc3C2=O)n1. The maximum Gasteiger partial charge on any atom is 0.262 e. The van der Waals surface area contributed by atoms with E-state index in [-0.39, 0.29) is 18.4 Å². The topological polar surface area (TPSA) is 89.2 Å². The van der Waals surface area contributed by atoms with Crippen LogP contribution in [0.1, 0.15) is 20.7 Å². The van der Waals surface area contributed by atoms with E-state index in [1.54, 1.807) is 36.5 Å². The highest BCUT2D eigenvalue weighted by atomic mass is 32.2. The number of carbonyl (C=O) groups excluding carboxylic acids is 2. The number of nitrogens with zero attached hydrogens (tertiary/aromatic N) is 3. The summed E-state index contributed by atoms with van der Waals surface area (Å²) in [6.45, 7) is 0.0741. The van der Waals surface area contributed by atoms with Gasteiger partial charge in [-0.25, -0.2) is 9.97 Å². The molecular formula is C16H12N4O2S. The molecular weight excluding hydrogens is 312 g/mol. The van der Waals surface area contributed by atoms with Crippen molar-refractivity contribution in [2.75, 3.05) is 18.0 Å². The Balaban J connectivity index is 1.58. The van der Waals surface area contributed by atoms with Crippen LogP contribution in [0.5, 0.6) is 0 Å². The van der Waals surface area contributed by atoms with Crippen molar-refractivity contribution < 1.29 is 9.59 Å². The zero-order chi connectivity index (χ0) is 16.2. The van der Waals surface area contributed by atoms with E-state index >= 15 is 0 Å². The van der Waals surface area contributed by atoms with Gasteiger partial charge in [-0.1, -0.05) is 35.7 Å². The molecule has 0 radical (unpaired) electrons. The van der Waals surface area contributed by atoms with Crippen molar-refractivity contribution in [3.8, 4) is 11.8 Å². The molecule has 0 bridgehead atoms. The second-order valence-corrected chi connectivity index (χ2v) is 5.59. The summed E-state index contributed by atoms with van der Waals surface area (Å²) in [6, 6.07) is 8.38. The van der Waals surface area contributed by atoms with E-state index < -0.39 is 0 Å². The number of nitrogens with two attached hydrogens (primary N) is 1. The molecule has 6 nitrogen and oxygen atoms in total. The highest BCUT2D eigenvalue weighted by Gasteiger charge is 2.34. The second kappa shape index (κ2) is 6.50. The smallest absolute Gasteiger partial charge is 0.262 e. The summed E-state index contributed by atoms with van der Waals surface area (Å²) in [5.41, 5.74) is 6.43. The molecule has 0 atom stereocenters. The van der Waals surface area contributed by atoms with Crippen molar-refractivity contribution in [3.63, 3.8) is 0 Å². The number of rotatable bonds is 3. The van der Waals surface area contributed by atoms with Gasteiger partial charge in [-0.2, -0.15) is 0 Å². The van der Waals surface area contributed by atoms with Crippen LogP contribution in [-0.2, 0) is 0 Å². The minimum Gasteiger partial charge on any atom is -0.384 e. The van der Waals surface area contributed by atoms with Crippen LogP contribution >= 0.6 is 11.8 Å². The number of carbonyl (C=O) groups is 2. The number of hydrogen-bond donors (Lipinski definition) is 1. The van der Waals surface area contributed by atoms with Gasteiger partial charge in [0.15, 0.2) is 5.16 Å². The van der Waals surface area contributed by atoms with Crippen molar-refractivity contribution in [2.45, 2.75) is 5.16 Å². The first-order valence-corrected chi connectivity index (χ1v) is 7.77. The number of benzene rings is 1. The second-order valence-electron chi connectivity index (χ2n) is 4.65. The van der Waals surface area contributed by atoms with Gasteiger partial charge in [0.1, 0.15) is 5.82 Å². The van der Waals surface area contributed by atoms with Crippen molar-refractivity contribution in [1.82, 2.24) is 14.9 Å². The molecule has 2 heterocycles. The van der Waals surface area contributed by atoms with Gasteiger partial charge in [-0.15, -0.1) is 0 Å². The van der Waals surface area contributed by atoms with Gasteiger partial charge < -0.3 is 5.73 Å². The molecule has 1 aromatic carbocycles. The fourth-order valence-electron chi connectivity index (χ4n) is 2.09. The number of aromatic nitrogens is 2. The maximum atomic E-state index is 12.1. The molecule has 0 saturated heterocycles. The molecule has 1 aliphatic heterocycles. The molecule has 114 valence electrons. The molecule has 0 unspecified atom stereocenters. The fourth-order valence-corrected chi connectivity index (χ4v) is 2.70. The van der Waals surface area contributed by atoms with Crippen LogP contribution in [0.15, 0.2) is 41.7 Å². The van der Waals surface area contributed by atoms with Crippen LogP contribution < -0.4 is 5.73 Å². The number of imide groups is 1. The molecule has 2 amide bonds. The van der Waals surface area contributed by atoms with Crippen molar-refractivity contribution in [2.24, 2.45) is 0 Å². The van der Waals surface area contributed by atoms with Crippen LogP contribution in [0, 0.1) is 11.8 Å². The van der Waals surface area contributed by atoms with E-state index in [1.807, 2.05) is 0 Å². The average Bonchev–Trinajstić information content (AvgIpc) is 2.80. The maximum absolute atomic E-state index is 12.1. The molecule has 0 saturated carbocycles. The summed E-state index contributed by atoms with van der Waals surface area (Å²) in [4.78, 5) is 33.5. The molecule has 2 N–H and O–H groups in total. The Morgan fingerprint density at radius 3 is 2.43 bits per heavy atom. The number of amides is 2. The zero-order valence-corrected chi connectivity index (χ0v) is 12.8. The van der Waals surface area contributed by atoms with Crippen molar-refractivity contribution in [3.05, 3.63) is 47.7 Å². The minimum atomic E-state index is -0.299. The third-order valence-corrected chi connectivity index (χ3v) is 3.91. The molecule has 23 heavy (non-hydrogen) atoms. The lowest BCUT2D eigenvalue weighted by atomic mass is 10.1. The van der Waals surface area contributed by atoms with Gasteiger partial charge >= 0.3 is 0 Å². The Labute approximate surface area is 137 Å². The van der Waals surface area contributed by atoms with Gasteiger partial charge in [0, 0.05) is 6.20 Å². The Kier molecular flexibility index (Phi) is 4.26. The van der Waals surface area contributed by atoms with E-state index in [4.69, 9.17) is 5.73 Å². The normalized spacial score (nSPS) is 12.8. The summed E-state index contributed by atoms with van der Waals surface area (Å²) in [6.07, 6.45) is 1.58. The Morgan fingerprint density at radius 2 is 1.78 bits per heavy atom. The lowest BCUT2D eigenvalue weighted by Crippen LogP contribution is -2.30. The third kappa shape index (κ3) is 3.17. The first kappa shape index (κ1) is 15.1. The standard InChI is InChI=1S/C16H12N4O2S/c17-13-7-8-18-16(19-13)23-10-4-3-9-20-14(21)11-5-1-2-6-12(11)15(20)22/h1-2,5-8H,9-10H2,(H2,17,18,19). The summed E-state index contributed by atoms with van der Waals surface area (Å²) in [5.74, 6) is 5.99. The Bertz CT molecular complexity index is 806. The lowest BCUT2D eigenvalue weighted by Gasteiger charge is -2.08. The molecule has 0 aliphatic carbocycles. The highest BCUT2D eigenvalue weighted by molar-refractivity contribution is 7.99. The molecule has 0 fully saturated rings. The number of thioether (sulfide) groups is 1. The Morgan fingerprint density at radius 1 is 1.09 bits per heavy atom. The molecule has 7 heteroatoms. The number of anilines is 1. The predicted octanol–water partition coefficient (Wildman–Crippen LogP) is 1.45. The first-order chi connectivity index (χ1) is 11.2. The quantitative estimate of drug-likeness (QED) is 0.398. The van der Waals surface area contributed by atoms with Crippen LogP contribution in [0.3, 0.4) is 0 Å². The van der Waals surface area contributed by atoms with E-state index in [0.29, 0.717) is 27.9 Å². The monoisotopic (exact) mass is 324 g/mol. The average molecular weight is 324 g/mol. The summed E-state index contributed by atoms with van der Waals surface area (Å²) in [5, 5.41) is 0.542. The first-order valence-electron chi connectivity index (χ1n) is 6.79. The number of hydrogen-bond acceptors (Lipinski definition) is 6. The predicted molar refractivity (Wildman–Crippen MR) is 86.8 cm³/mol. The molecule has 1 aromatic heterocycles. The molecule has 1 aliphatic rings. The van der Waals surface area contributed by atoms with Gasteiger partial charge in [-0.3, -0.25) is 14.5 Å². The Hall–Kier alpha value is -2.85. The molecule has 2 aromatic rings. The van der Waals surface area contributed by atoms with Crippen LogP contribution in [-0.4, -0.2) is 39.0 Å². The summed E-state index contributed by atoms with van der Waals surface area (Å²) in [7, 11) is 0. The van der Waals surface area contributed by atoms with Gasteiger partial charge in [0.25, 0.3) is 11.8 Å². The highest BCUT2D eigenvalue weighted by Crippen LogP contribution is 2.21. The van der Waals surface area contributed by atoms with Crippen molar-refractivity contribution in [1.29, 1.82) is 0 Å². The molecule has 3 rings (SSSR count). The van der Waals surface area contributed by atoms with E-state index in [2.05, 4.69) is 21.8 Å². The van der Waals surface area contributed by atoms with Gasteiger partial charge in [0.2, 0.25) is 0 Å². The van der Waals surface area contributed by atoms with E-state index in [1.165, 1.54) is 11.8 Å². The van der Waals surface area contributed by atoms with Crippen LogP contribution in [0.25, 0.3) is 0 Å². The summed E-state index contributed by atoms with van der Waals surface area (Å²) >= 11 is 1.34. The number of nitrogen functional groups attached to an aromatic ring is 1. The largest absolute Gasteiger partial charge is 0.384 e. The van der Waals surface area contributed by atoms with Gasteiger partial charge in [0.05, 0.1) is 23.4 Å².